The molecule has 3 rings (SSSR count). The second kappa shape index (κ2) is 10.3. The molecule has 8 nitrogen and oxygen atoms in total. The number of rotatable bonds is 7. The Morgan fingerprint density at radius 3 is 2.74 bits per heavy atom. The summed E-state index contributed by atoms with van der Waals surface area (Å²) in [6.45, 7) is 1.57. The van der Waals surface area contributed by atoms with Gasteiger partial charge in [0, 0.05) is 37.3 Å². The number of likely N-dealkylation sites (N-methyl/N-ethyl adjacent to an activating group) is 1. The molecule has 2 N–H and O–H groups in total. The normalized spacial score (nSPS) is 16.2. The van der Waals surface area contributed by atoms with Crippen LogP contribution in [0.3, 0.4) is 0 Å². The molecule has 2 amide bonds. The van der Waals surface area contributed by atoms with Crippen LogP contribution in [0.15, 0.2) is 42.7 Å². The van der Waals surface area contributed by atoms with E-state index in [4.69, 9.17) is 11.6 Å². The smallest absolute Gasteiger partial charge is 0.254 e. The Kier molecular flexibility index (Phi) is 7.54. The van der Waals surface area contributed by atoms with Gasteiger partial charge in [0.15, 0.2) is 0 Å². The molecule has 0 saturated carbocycles. The molecule has 0 radical (unpaired) electrons. The van der Waals surface area contributed by atoms with Gasteiger partial charge in [-0.15, -0.1) is 0 Å². The summed E-state index contributed by atoms with van der Waals surface area (Å²) in [5.41, 5.74) is 0.249. The fourth-order valence-electron chi connectivity index (χ4n) is 3.11. The summed E-state index contributed by atoms with van der Waals surface area (Å²) in [5.74, 6) is -0.931. The van der Waals surface area contributed by atoms with Gasteiger partial charge in [0.25, 0.3) is 5.91 Å². The molecule has 1 aromatic heterocycles. The topological polar surface area (TPSA) is 90.5 Å². The number of hydrogen-bond donors (Lipinski definition) is 2. The number of carbonyl (C=O) groups excluding carboxylic acids is 2. The summed E-state index contributed by atoms with van der Waals surface area (Å²) in [6.07, 6.45) is 6.73. The molecule has 0 bridgehead atoms. The number of halogens is 2. The number of benzene rings is 1. The predicted octanol–water partition coefficient (Wildman–Crippen LogP) is 2.65. The summed E-state index contributed by atoms with van der Waals surface area (Å²) in [4.78, 5) is 36.4. The Labute approximate surface area is 185 Å². The molecule has 0 aliphatic carbocycles. The van der Waals surface area contributed by atoms with Gasteiger partial charge in [-0.3, -0.25) is 9.59 Å². The molecule has 31 heavy (non-hydrogen) atoms. The lowest BCUT2D eigenvalue weighted by Crippen LogP contribution is -2.32. The van der Waals surface area contributed by atoms with Gasteiger partial charge in [0.1, 0.15) is 5.82 Å². The zero-order chi connectivity index (χ0) is 22.4. The van der Waals surface area contributed by atoms with Gasteiger partial charge in [-0.25, -0.2) is 14.4 Å². The molecule has 1 saturated heterocycles. The van der Waals surface area contributed by atoms with E-state index in [-0.39, 0.29) is 23.2 Å². The second-order valence-corrected chi connectivity index (χ2v) is 7.89. The van der Waals surface area contributed by atoms with E-state index in [9.17, 15) is 14.0 Å². The number of amides is 2. The van der Waals surface area contributed by atoms with Crippen molar-refractivity contribution in [1.29, 1.82) is 0 Å². The highest BCUT2D eigenvalue weighted by molar-refractivity contribution is 6.30. The minimum atomic E-state index is -0.663. The predicted molar refractivity (Wildman–Crippen MR) is 118 cm³/mol. The largest absolute Gasteiger partial charge is 0.350 e. The van der Waals surface area contributed by atoms with Gasteiger partial charge >= 0.3 is 0 Å². The van der Waals surface area contributed by atoms with Crippen molar-refractivity contribution >= 4 is 35.1 Å². The van der Waals surface area contributed by atoms with E-state index in [1.165, 1.54) is 30.6 Å². The number of anilines is 2. The molecule has 1 fully saturated rings. The lowest BCUT2D eigenvalue weighted by molar-refractivity contribution is -0.111. The molecule has 0 spiro atoms. The first kappa shape index (κ1) is 22.6. The van der Waals surface area contributed by atoms with Crippen molar-refractivity contribution in [2.75, 3.05) is 44.4 Å². The van der Waals surface area contributed by atoms with Crippen LogP contribution < -0.4 is 10.6 Å². The molecule has 10 heteroatoms. The van der Waals surface area contributed by atoms with Gasteiger partial charge in [0.05, 0.1) is 23.1 Å². The minimum absolute atomic E-state index is 0.0116. The van der Waals surface area contributed by atoms with E-state index in [0.29, 0.717) is 37.0 Å². The first-order valence-corrected chi connectivity index (χ1v) is 10.1. The molecule has 1 atom stereocenters. The first-order valence-electron chi connectivity index (χ1n) is 9.77. The van der Waals surface area contributed by atoms with Crippen LogP contribution in [0.5, 0.6) is 0 Å². The molecular weight excluding hydrogens is 423 g/mol. The highest BCUT2D eigenvalue weighted by atomic mass is 35.5. The van der Waals surface area contributed by atoms with Crippen LogP contribution in [-0.2, 0) is 4.79 Å². The molecule has 164 valence electrons. The molecule has 1 aliphatic heterocycles. The van der Waals surface area contributed by atoms with Crippen LogP contribution >= 0.6 is 11.6 Å². The second-order valence-electron chi connectivity index (χ2n) is 7.45. The fourth-order valence-corrected chi connectivity index (χ4v) is 3.21. The first-order chi connectivity index (χ1) is 14.8. The Morgan fingerprint density at radius 2 is 2.06 bits per heavy atom. The zero-order valence-electron chi connectivity index (χ0n) is 17.3. The quantitative estimate of drug-likeness (QED) is 0.635. The zero-order valence-corrected chi connectivity index (χ0v) is 18.1. The van der Waals surface area contributed by atoms with Crippen LogP contribution in [0, 0.1) is 5.82 Å². The summed E-state index contributed by atoms with van der Waals surface area (Å²) in [7, 11) is 3.75. The fraction of sp³-hybridized carbons (Fsp3) is 0.333. The van der Waals surface area contributed by atoms with Crippen molar-refractivity contribution < 1.29 is 14.0 Å². The third kappa shape index (κ3) is 6.47. The van der Waals surface area contributed by atoms with Gasteiger partial charge in [-0.05, 0) is 38.7 Å². The highest BCUT2D eigenvalue weighted by Crippen LogP contribution is 2.20. The maximum Gasteiger partial charge on any atom is 0.254 e. The Morgan fingerprint density at radius 1 is 1.32 bits per heavy atom. The van der Waals surface area contributed by atoms with Crippen molar-refractivity contribution in [3.05, 3.63) is 59.1 Å². The van der Waals surface area contributed by atoms with E-state index < -0.39 is 11.7 Å². The maximum absolute atomic E-state index is 14.4. The van der Waals surface area contributed by atoms with Crippen LogP contribution in [0.25, 0.3) is 0 Å². The third-order valence-electron chi connectivity index (χ3n) is 4.64. The van der Waals surface area contributed by atoms with Crippen LogP contribution in [-0.4, -0.2) is 71.4 Å². The van der Waals surface area contributed by atoms with Gasteiger partial charge in [0.2, 0.25) is 11.9 Å². The lowest BCUT2D eigenvalue weighted by atomic mass is 10.1. The van der Waals surface area contributed by atoms with Crippen molar-refractivity contribution in [3.8, 4) is 0 Å². The number of hydrogen-bond acceptors (Lipinski definition) is 6. The number of aromatic nitrogens is 2. The van der Waals surface area contributed by atoms with Gasteiger partial charge < -0.3 is 20.4 Å². The summed E-state index contributed by atoms with van der Waals surface area (Å²) in [5, 5.41) is 6.09. The average molecular weight is 447 g/mol. The third-order valence-corrected chi connectivity index (χ3v) is 4.84. The number of likely N-dealkylation sites (tertiary alicyclic amines) is 1. The summed E-state index contributed by atoms with van der Waals surface area (Å²) >= 11 is 5.78. The molecule has 2 aromatic rings. The Balaban J connectivity index is 1.57. The Hall–Kier alpha value is -3.04. The van der Waals surface area contributed by atoms with Gasteiger partial charge in [-0.2, -0.15) is 0 Å². The summed E-state index contributed by atoms with van der Waals surface area (Å²) in [6, 6.07) is 4.04. The molecule has 2 heterocycles. The maximum atomic E-state index is 14.4. The van der Waals surface area contributed by atoms with E-state index in [1.807, 2.05) is 19.0 Å². The standard InChI is InChI=1S/C21H24ClFN6O2/c1-28(2)8-3-4-19(30)27-18-6-5-14(10-17(18)23)20(31)29-9-7-16(13-29)26-21-24-11-15(22)12-25-21/h3-6,10-12,16H,7-9,13H2,1-2H3,(H,27,30)(H,24,25,26)/b4-3+. The Bertz CT molecular complexity index is 967. The van der Waals surface area contributed by atoms with Crippen LogP contribution in [0.2, 0.25) is 5.02 Å². The lowest BCUT2D eigenvalue weighted by Gasteiger charge is -2.17. The highest BCUT2D eigenvalue weighted by Gasteiger charge is 2.27. The monoisotopic (exact) mass is 446 g/mol. The van der Waals surface area contributed by atoms with Crippen molar-refractivity contribution in [2.45, 2.75) is 12.5 Å². The molecule has 1 aromatic carbocycles. The number of nitrogens with zero attached hydrogens (tertiary/aromatic N) is 4. The van der Waals surface area contributed by atoms with Crippen molar-refractivity contribution in [1.82, 2.24) is 19.8 Å². The van der Waals surface area contributed by atoms with Crippen LogP contribution in [0.4, 0.5) is 16.0 Å². The van der Waals surface area contributed by atoms with Crippen LogP contribution in [0.1, 0.15) is 16.8 Å². The number of nitrogens with one attached hydrogen (secondary N) is 2. The minimum Gasteiger partial charge on any atom is -0.350 e. The molecule has 1 unspecified atom stereocenters. The van der Waals surface area contributed by atoms with Crippen molar-refractivity contribution in [3.63, 3.8) is 0 Å². The van der Waals surface area contributed by atoms with E-state index in [0.717, 1.165) is 6.07 Å². The van der Waals surface area contributed by atoms with Crippen molar-refractivity contribution in [2.24, 2.45) is 0 Å². The van der Waals surface area contributed by atoms with E-state index in [1.54, 1.807) is 11.0 Å². The molecule has 1 aliphatic rings. The van der Waals surface area contributed by atoms with Gasteiger partial charge in [-0.1, -0.05) is 17.7 Å². The SMILES string of the molecule is CN(C)C/C=C/C(=O)Nc1ccc(C(=O)N2CCC(Nc3ncc(Cl)cn3)C2)cc1F. The van der Waals surface area contributed by atoms with E-state index in [2.05, 4.69) is 20.6 Å². The molecular formula is C21H24ClFN6O2. The summed E-state index contributed by atoms with van der Waals surface area (Å²) < 4.78 is 14.4. The average Bonchev–Trinajstić information content (AvgIpc) is 3.19. The van der Waals surface area contributed by atoms with E-state index >= 15 is 0 Å². The number of carbonyl (C=O) groups is 2.